The minimum absolute atomic E-state index is 0.0987. The first-order valence-electron chi connectivity index (χ1n) is 9.94. The van der Waals surface area contributed by atoms with E-state index in [0.29, 0.717) is 17.3 Å². The highest BCUT2D eigenvalue weighted by Crippen LogP contribution is 2.23. The Labute approximate surface area is 180 Å². The Balaban J connectivity index is 1.37. The van der Waals surface area contributed by atoms with Gasteiger partial charge < -0.3 is 10.6 Å². The zero-order valence-corrected chi connectivity index (χ0v) is 17.8. The first kappa shape index (κ1) is 20.2. The highest BCUT2D eigenvalue weighted by atomic mass is 32.2. The minimum Gasteiger partial charge on any atom is -0.349 e. The van der Waals surface area contributed by atoms with Crippen LogP contribution in [0, 0.1) is 13.8 Å². The molecule has 1 heterocycles. The summed E-state index contributed by atoms with van der Waals surface area (Å²) in [7, 11) is 0. The van der Waals surface area contributed by atoms with E-state index < -0.39 is 0 Å². The molecule has 1 aromatic heterocycles. The number of carbonyl (C=O) groups excluding carboxylic acids is 2. The lowest BCUT2D eigenvalue weighted by Crippen LogP contribution is -2.25. The molecular formula is C23H24N4O2S. The molecule has 6 nitrogen and oxygen atoms in total. The molecule has 2 aromatic carbocycles. The summed E-state index contributed by atoms with van der Waals surface area (Å²) in [5.41, 5.74) is 4.63. The summed E-state index contributed by atoms with van der Waals surface area (Å²) in [6.07, 6.45) is 5.71. The molecule has 1 aliphatic carbocycles. The standard InChI is InChI=1S/C23H24N4O2S/c1-15-6-9-20(12-16(15)2)27-11-10-24-23(27)30-14-21(28)25-19-5-3-4-17(13-19)22(29)26-18-7-8-18/h3-6,9-13,18H,7-8,14H2,1-2H3,(H,25,28)(H,26,29). The quantitative estimate of drug-likeness (QED) is 0.564. The maximum absolute atomic E-state index is 12.5. The fourth-order valence-electron chi connectivity index (χ4n) is 3.03. The molecule has 2 N–H and O–H groups in total. The highest BCUT2D eigenvalue weighted by Gasteiger charge is 2.23. The SMILES string of the molecule is Cc1ccc(-n2ccnc2SCC(=O)Nc2cccc(C(=O)NC3CC3)c2)cc1C. The second-order valence-electron chi connectivity index (χ2n) is 7.51. The van der Waals surface area contributed by atoms with Gasteiger partial charge in [0.1, 0.15) is 0 Å². The number of rotatable bonds is 7. The maximum atomic E-state index is 12.5. The average molecular weight is 421 g/mol. The summed E-state index contributed by atoms with van der Waals surface area (Å²) in [5.74, 6) is -0.0202. The molecule has 154 valence electrons. The number of amides is 2. The predicted molar refractivity (Wildman–Crippen MR) is 119 cm³/mol. The lowest BCUT2D eigenvalue weighted by molar-refractivity contribution is -0.113. The number of aryl methyl sites for hydroxylation is 2. The van der Waals surface area contributed by atoms with Crippen LogP contribution in [0.5, 0.6) is 0 Å². The Hall–Kier alpha value is -3.06. The largest absolute Gasteiger partial charge is 0.349 e. The van der Waals surface area contributed by atoms with Crippen molar-refractivity contribution in [2.75, 3.05) is 11.1 Å². The smallest absolute Gasteiger partial charge is 0.251 e. The summed E-state index contributed by atoms with van der Waals surface area (Å²) in [6, 6.07) is 13.6. The van der Waals surface area contributed by atoms with Gasteiger partial charge in [-0.05, 0) is 68.1 Å². The molecule has 30 heavy (non-hydrogen) atoms. The van der Waals surface area contributed by atoms with Crippen LogP contribution >= 0.6 is 11.8 Å². The van der Waals surface area contributed by atoms with Gasteiger partial charge in [-0.3, -0.25) is 14.2 Å². The number of hydrogen-bond acceptors (Lipinski definition) is 4. The van der Waals surface area contributed by atoms with Gasteiger partial charge in [-0.1, -0.05) is 23.9 Å². The number of nitrogens with zero attached hydrogens (tertiary/aromatic N) is 2. The molecule has 0 unspecified atom stereocenters. The summed E-state index contributed by atoms with van der Waals surface area (Å²) in [4.78, 5) is 29.0. The van der Waals surface area contributed by atoms with Crippen molar-refractivity contribution in [1.29, 1.82) is 0 Å². The topological polar surface area (TPSA) is 76.0 Å². The number of benzene rings is 2. The number of nitrogens with one attached hydrogen (secondary N) is 2. The second-order valence-corrected chi connectivity index (χ2v) is 8.46. The molecule has 1 saturated carbocycles. The third-order valence-electron chi connectivity index (χ3n) is 5.03. The van der Waals surface area contributed by atoms with Crippen molar-refractivity contribution in [1.82, 2.24) is 14.9 Å². The third-order valence-corrected chi connectivity index (χ3v) is 6.00. The number of hydrogen-bond donors (Lipinski definition) is 2. The zero-order valence-electron chi connectivity index (χ0n) is 17.0. The van der Waals surface area contributed by atoms with Crippen LogP contribution in [0.25, 0.3) is 5.69 Å². The number of thioether (sulfide) groups is 1. The van der Waals surface area contributed by atoms with E-state index in [1.165, 1.54) is 22.9 Å². The maximum Gasteiger partial charge on any atom is 0.251 e. The minimum atomic E-state index is -0.144. The normalized spacial score (nSPS) is 13.1. The monoisotopic (exact) mass is 420 g/mol. The van der Waals surface area contributed by atoms with E-state index in [0.717, 1.165) is 23.7 Å². The van der Waals surface area contributed by atoms with E-state index in [2.05, 4.69) is 41.6 Å². The zero-order chi connectivity index (χ0) is 21.1. The fraction of sp³-hybridized carbons (Fsp3) is 0.261. The lowest BCUT2D eigenvalue weighted by Gasteiger charge is -2.10. The first-order valence-corrected chi connectivity index (χ1v) is 10.9. The van der Waals surface area contributed by atoms with Gasteiger partial charge in [0, 0.05) is 35.4 Å². The fourth-order valence-corrected chi connectivity index (χ4v) is 3.80. The molecule has 4 rings (SSSR count). The third kappa shape index (κ3) is 4.91. The van der Waals surface area contributed by atoms with E-state index in [4.69, 9.17) is 0 Å². The molecule has 7 heteroatoms. The average Bonchev–Trinajstić information content (AvgIpc) is 3.42. The van der Waals surface area contributed by atoms with Crippen LogP contribution in [0.3, 0.4) is 0 Å². The Morgan fingerprint density at radius 2 is 1.97 bits per heavy atom. The van der Waals surface area contributed by atoms with Gasteiger partial charge in [-0.2, -0.15) is 0 Å². The van der Waals surface area contributed by atoms with Crippen LogP contribution in [0.2, 0.25) is 0 Å². The summed E-state index contributed by atoms with van der Waals surface area (Å²) >= 11 is 1.37. The van der Waals surface area contributed by atoms with Gasteiger partial charge in [0.05, 0.1) is 5.75 Å². The van der Waals surface area contributed by atoms with Crippen molar-refractivity contribution in [3.05, 3.63) is 71.5 Å². The number of anilines is 1. The number of carbonyl (C=O) groups is 2. The molecule has 0 aliphatic heterocycles. The van der Waals surface area contributed by atoms with Gasteiger partial charge >= 0.3 is 0 Å². The van der Waals surface area contributed by atoms with E-state index in [-0.39, 0.29) is 17.6 Å². The summed E-state index contributed by atoms with van der Waals surface area (Å²) in [5, 5.41) is 6.58. The van der Waals surface area contributed by atoms with Crippen molar-refractivity contribution in [3.8, 4) is 5.69 Å². The molecule has 1 fully saturated rings. The van der Waals surface area contributed by atoms with Crippen molar-refractivity contribution >= 4 is 29.3 Å². The molecule has 0 spiro atoms. The van der Waals surface area contributed by atoms with Gasteiger partial charge in [-0.15, -0.1) is 0 Å². The Bertz CT molecular complexity index is 1090. The van der Waals surface area contributed by atoms with Crippen LogP contribution in [0.1, 0.15) is 34.3 Å². The van der Waals surface area contributed by atoms with Crippen molar-refractivity contribution in [2.45, 2.75) is 37.9 Å². The predicted octanol–water partition coefficient (Wildman–Crippen LogP) is 4.11. The summed E-state index contributed by atoms with van der Waals surface area (Å²) in [6.45, 7) is 4.16. The molecular weight excluding hydrogens is 396 g/mol. The molecule has 0 atom stereocenters. The van der Waals surface area contributed by atoms with Gasteiger partial charge in [0.15, 0.2) is 5.16 Å². The highest BCUT2D eigenvalue weighted by molar-refractivity contribution is 7.99. The van der Waals surface area contributed by atoms with Gasteiger partial charge in [0.2, 0.25) is 5.91 Å². The van der Waals surface area contributed by atoms with E-state index in [1.807, 2.05) is 16.8 Å². The van der Waals surface area contributed by atoms with Crippen LogP contribution in [-0.2, 0) is 4.79 Å². The van der Waals surface area contributed by atoms with Crippen LogP contribution < -0.4 is 10.6 Å². The molecule has 0 saturated heterocycles. The number of imidazole rings is 1. The van der Waals surface area contributed by atoms with Gasteiger partial charge in [-0.25, -0.2) is 4.98 Å². The van der Waals surface area contributed by atoms with Crippen molar-refractivity contribution in [2.24, 2.45) is 0 Å². The molecule has 0 bridgehead atoms. The van der Waals surface area contributed by atoms with E-state index in [1.54, 1.807) is 30.5 Å². The van der Waals surface area contributed by atoms with Crippen molar-refractivity contribution < 1.29 is 9.59 Å². The molecule has 3 aromatic rings. The van der Waals surface area contributed by atoms with E-state index in [9.17, 15) is 9.59 Å². The Morgan fingerprint density at radius 1 is 1.13 bits per heavy atom. The second kappa shape index (κ2) is 8.75. The number of aromatic nitrogens is 2. The molecule has 2 amide bonds. The molecule has 0 radical (unpaired) electrons. The van der Waals surface area contributed by atoms with Crippen LogP contribution in [-0.4, -0.2) is 33.2 Å². The molecule has 1 aliphatic rings. The first-order chi connectivity index (χ1) is 14.5. The van der Waals surface area contributed by atoms with Crippen LogP contribution in [0.15, 0.2) is 60.0 Å². The lowest BCUT2D eigenvalue weighted by atomic mass is 10.1. The van der Waals surface area contributed by atoms with E-state index >= 15 is 0 Å². The Morgan fingerprint density at radius 3 is 2.73 bits per heavy atom. The van der Waals surface area contributed by atoms with Crippen molar-refractivity contribution in [3.63, 3.8) is 0 Å². The van der Waals surface area contributed by atoms with Crippen LogP contribution in [0.4, 0.5) is 5.69 Å². The van der Waals surface area contributed by atoms with Gasteiger partial charge in [0.25, 0.3) is 5.91 Å². The Kier molecular flexibility index (Phi) is 5.90. The summed E-state index contributed by atoms with van der Waals surface area (Å²) < 4.78 is 1.98.